The molecule has 0 unspecified atom stereocenters. The summed E-state index contributed by atoms with van der Waals surface area (Å²) in [6.45, 7) is 3.34. The van der Waals surface area contributed by atoms with Crippen molar-refractivity contribution >= 4 is 45.0 Å². The number of nitrogens with zero attached hydrogens (tertiary/aromatic N) is 3. The number of benzene rings is 2. The number of carbonyl (C=O) groups is 3. The van der Waals surface area contributed by atoms with Gasteiger partial charge in [0.1, 0.15) is 5.82 Å². The first-order valence-corrected chi connectivity index (χ1v) is 10.7. The number of aromatic nitrogens is 1. The molecule has 0 saturated carbocycles. The molecule has 0 radical (unpaired) electrons. The van der Waals surface area contributed by atoms with Gasteiger partial charge in [0, 0.05) is 31.6 Å². The van der Waals surface area contributed by atoms with Crippen molar-refractivity contribution in [2.24, 2.45) is 4.99 Å². The summed E-state index contributed by atoms with van der Waals surface area (Å²) in [6, 6.07) is 10.7. The average Bonchev–Trinajstić information content (AvgIpc) is 3.26. The molecule has 4 rings (SSSR count). The lowest BCUT2D eigenvalue weighted by molar-refractivity contribution is -0.121. The van der Waals surface area contributed by atoms with Crippen LogP contribution in [0.5, 0.6) is 0 Å². The van der Waals surface area contributed by atoms with Gasteiger partial charge >= 0.3 is 0 Å². The minimum atomic E-state index is -0.516. The molecule has 1 fully saturated rings. The molecule has 31 heavy (non-hydrogen) atoms. The maximum Gasteiger partial charge on any atom is 0.279 e. The van der Waals surface area contributed by atoms with E-state index in [2.05, 4.69) is 4.99 Å². The van der Waals surface area contributed by atoms with Gasteiger partial charge in [0.25, 0.3) is 5.91 Å². The van der Waals surface area contributed by atoms with Gasteiger partial charge in [-0.15, -0.1) is 0 Å². The Morgan fingerprint density at radius 2 is 1.94 bits per heavy atom. The number of thiazole rings is 1. The summed E-state index contributed by atoms with van der Waals surface area (Å²) >= 11 is 1.21. The Kier molecular flexibility index (Phi) is 6.06. The highest BCUT2D eigenvalue weighted by molar-refractivity contribution is 7.16. The van der Waals surface area contributed by atoms with Crippen molar-refractivity contribution in [3.63, 3.8) is 0 Å². The van der Waals surface area contributed by atoms with Crippen LogP contribution in [-0.2, 0) is 20.9 Å². The third-order valence-electron chi connectivity index (χ3n) is 4.91. The van der Waals surface area contributed by atoms with Crippen molar-refractivity contribution in [1.82, 2.24) is 4.57 Å². The number of rotatable bonds is 6. The van der Waals surface area contributed by atoms with E-state index < -0.39 is 5.91 Å². The Hall–Kier alpha value is -3.17. The summed E-state index contributed by atoms with van der Waals surface area (Å²) in [5, 5.41) is 0. The van der Waals surface area contributed by atoms with Crippen LogP contribution < -0.4 is 9.70 Å². The fourth-order valence-corrected chi connectivity index (χ4v) is 4.52. The van der Waals surface area contributed by atoms with Crippen LogP contribution in [0.25, 0.3) is 10.2 Å². The second-order valence-corrected chi connectivity index (χ2v) is 7.94. The molecular weight excluding hydrogens is 421 g/mol. The first kappa shape index (κ1) is 21.1. The number of halogens is 1. The Balaban J connectivity index is 1.72. The predicted molar refractivity (Wildman–Crippen MR) is 114 cm³/mol. The summed E-state index contributed by atoms with van der Waals surface area (Å²) in [7, 11) is 0. The first-order chi connectivity index (χ1) is 15.0. The molecule has 1 aliphatic rings. The standard InChI is InChI=1S/C22H20FN3O4S/c1-2-30-11-10-25-17-7-6-15(23)13-18(17)31-22(25)24-21(29)14-4-3-5-16(12-14)26-19(27)8-9-20(26)28/h3-7,12-13H,2,8-11H2,1H3. The molecule has 1 aliphatic heterocycles. The Bertz CT molecular complexity index is 1230. The van der Waals surface area contributed by atoms with Crippen molar-refractivity contribution in [2.75, 3.05) is 18.1 Å². The number of anilines is 1. The van der Waals surface area contributed by atoms with E-state index in [4.69, 9.17) is 4.74 Å². The van der Waals surface area contributed by atoms with Crippen LogP contribution in [0.2, 0.25) is 0 Å². The fraction of sp³-hybridized carbons (Fsp3) is 0.273. The number of fused-ring (bicyclic) bond motifs is 1. The third kappa shape index (κ3) is 4.33. The summed E-state index contributed by atoms with van der Waals surface area (Å²) in [5.74, 6) is -1.45. The Labute approximate surface area is 181 Å². The molecule has 2 heterocycles. The van der Waals surface area contributed by atoms with E-state index in [1.165, 1.54) is 29.5 Å². The lowest BCUT2D eigenvalue weighted by atomic mass is 10.2. The van der Waals surface area contributed by atoms with Gasteiger partial charge in [0.2, 0.25) is 11.8 Å². The monoisotopic (exact) mass is 441 g/mol. The van der Waals surface area contributed by atoms with Gasteiger partial charge in [0.15, 0.2) is 4.80 Å². The van der Waals surface area contributed by atoms with Gasteiger partial charge in [0.05, 0.1) is 22.5 Å². The highest BCUT2D eigenvalue weighted by Crippen LogP contribution is 2.24. The largest absolute Gasteiger partial charge is 0.380 e. The van der Waals surface area contributed by atoms with Crippen molar-refractivity contribution in [1.29, 1.82) is 0 Å². The van der Waals surface area contributed by atoms with Crippen LogP contribution in [0.1, 0.15) is 30.1 Å². The van der Waals surface area contributed by atoms with Gasteiger partial charge in [-0.3, -0.25) is 19.3 Å². The van der Waals surface area contributed by atoms with Crippen LogP contribution in [0.15, 0.2) is 47.5 Å². The number of hydrogen-bond acceptors (Lipinski definition) is 5. The summed E-state index contributed by atoms with van der Waals surface area (Å²) < 4.78 is 21.6. The normalized spacial score (nSPS) is 14.8. The second kappa shape index (κ2) is 8.91. The van der Waals surface area contributed by atoms with Gasteiger partial charge in [-0.05, 0) is 43.3 Å². The zero-order valence-corrected chi connectivity index (χ0v) is 17.7. The van der Waals surface area contributed by atoms with Crippen LogP contribution >= 0.6 is 11.3 Å². The highest BCUT2D eigenvalue weighted by Gasteiger charge is 2.30. The van der Waals surface area contributed by atoms with E-state index in [0.29, 0.717) is 34.9 Å². The molecule has 1 aromatic heterocycles. The third-order valence-corrected chi connectivity index (χ3v) is 5.95. The smallest absolute Gasteiger partial charge is 0.279 e. The average molecular weight is 441 g/mol. The predicted octanol–water partition coefficient (Wildman–Crippen LogP) is 3.27. The Morgan fingerprint density at radius 1 is 1.16 bits per heavy atom. The number of carbonyl (C=O) groups excluding carboxylic acids is 3. The number of ether oxygens (including phenoxy) is 1. The molecule has 0 bridgehead atoms. The first-order valence-electron chi connectivity index (χ1n) is 9.89. The number of hydrogen-bond donors (Lipinski definition) is 0. The van der Waals surface area contributed by atoms with E-state index in [1.807, 2.05) is 11.5 Å². The summed E-state index contributed by atoms with van der Waals surface area (Å²) in [6.07, 6.45) is 0.332. The molecular formula is C22H20FN3O4S. The van der Waals surface area contributed by atoms with Crippen molar-refractivity contribution < 1.29 is 23.5 Å². The minimum absolute atomic E-state index is 0.166. The van der Waals surface area contributed by atoms with Crippen LogP contribution in [0.4, 0.5) is 10.1 Å². The lowest BCUT2D eigenvalue weighted by Gasteiger charge is -2.14. The van der Waals surface area contributed by atoms with E-state index in [9.17, 15) is 18.8 Å². The Morgan fingerprint density at radius 3 is 2.68 bits per heavy atom. The van der Waals surface area contributed by atoms with E-state index >= 15 is 0 Å². The molecule has 0 spiro atoms. The van der Waals surface area contributed by atoms with Gasteiger partial charge < -0.3 is 9.30 Å². The molecule has 2 aromatic carbocycles. The van der Waals surface area contributed by atoms with E-state index in [1.54, 1.807) is 24.3 Å². The van der Waals surface area contributed by atoms with Crippen LogP contribution in [0, 0.1) is 5.82 Å². The molecule has 9 heteroatoms. The molecule has 7 nitrogen and oxygen atoms in total. The molecule has 1 saturated heterocycles. The maximum absolute atomic E-state index is 13.7. The lowest BCUT2D eigenvalue weighted by Crippen LogP contribution is -2.28. The summed E-state index contributed by atoms with van der Waals surface area (Å²) in [5.41, 5.74) is 1.38. The molecule has 3 amide bonds. The summed E-state index contributed by atoms with van der Waals surface area (Å²) in [4.78, 5) is 42.7. The van der Waals surface area contributed by atoms with E-state index in [-0.39, 0.29) is 36.0 Å². The number of amides is 3. The van der Waals surface area contributed by atoms with Gasteiger partial charge in [-0.2, -0.15) is 4.99 Å². The fourth-order valence-electron chi connectivity index (χ4n) is 3.44. The molecule has 0 N–H and O–H groups in total. The van der Waals surface area contributed by atoms with Gasteiger partial charge in [-0.25, -0.2) is 4.39 Å². The molecule has 0 atom stereocenters. The molecule has 0 aliphatic carbocycles. The molecule has 3 aromatic rings. The van der Waals surface area contributed by atoms with Crippen molar-refractivity contribution in [3.05, 3.63) is 58.6 Å². The SMILES string of the molecule is CCOCCn1c(=NC(=O)c2cccc(N3C(=O)CCC3=O)c2)sc2cc(F)ccc21. The second-order valence-electron chi connectivity index (χ2n) is 6.94. The van der Waals surface area contributed by atoms with E-state index in [0.717, 1.165) is 10.4 Å². The minimum Gasteiger partial charge on any atom is -0.380 e. The zero-order valence-electron chi connectivity index (χ0n) is 16.8. The molecule has 160 valence electrons. The zero-order chi connectivity index (χ0) is 22.0. The number of imide groups is 1. The van der Waals surface area contributed by atoms with Gasteiger partial charge in [-0.1, -0.05) is 17.4 Å². The quantitative estimate of drug-likeness (QED) is 0.434. The highest BCUT2D eigenvalue weighted by atomic mass is 32.1. The van der Waals surface area contributed by atoms with Crippen molar-refractivity contribution in [2.45, 2.75) is 26.3 Å². The van der Waals surface area contributed by atoms with Crippen LogP contribution in [-0.4, -0.2) is 35.5 Å². The maximum atomic E-state index is 13.7. The van der Waals surface area contributed by atoms with Crippen molar-refractivity contribution in [3.8, 4) is 0 Å². The van der Waals surface area contributed by atoms with Crippen LogP contribution in [0.3, 0.4) is 0 Å². The topological polar surface area (TPSA) is 81.0 Å².